The van der Waals surface area contributed by atoms with E-state index in [2.05, 4.69) is 25.9 Å². The van der Waals surface area contributed by atoms with E-state index in [1.807, 2.05) is 19.9 Å². The van der Waals surface area contributed by atoms with Crippen LogP contribution in [0.25, 0.3) is 10.9 Å². The van der Waals surface area contributed by atoms with Gasteiger partial charge in [-0.25, -0.2) is 4.98 Å². The van der Waals surface area contributed by atoms with Crippen LogP contribution in [0.4, 0.5) is 5.82 Å². The van der Waals surface area contributed by atoms with Crippen LogP contribution in [0.2, 0.25) is 0 Å². The molecule has 182 valence electrons. The summed E-state index contributed by atoms with van der Waals surface area (Å²) in [5, 5.41) is 13.0. The first-order valence-corrected chi connectivity index (χ1v) is 11.9. The quantitative estimate of drug-likeness (QED) is 0.476. The van der Waals surface area contributed by atoms with Gasteiger partial charge in [0.05, 0.1) is 16.5 Å². The number of nitriles is 1. The monoisotopic (exact) mass is 475 g/mol. The Bertz CT molecular complexity index is 1360. The highest BCUT2D eigenvalue weighted by molar-refractivity contribution is 5.93. The Morgan fingerprint density at radius 2 is 2.00 bits per heavy atom. The SMILES string of the molecule is Cc1c(C#N)c(NC(=O)COC(=O)CCCc2nc3ccccc3c(=O)[nH]2)n(C2CCCC2)c1C. The molecule has 9 heteroatoms. The highest BCUT2D eigenvalue weighted by Gasteiger charge is 2.26. The van der Waals surface area contributed by atoms with Crippen molar-refractivity contribution in [2.45, 2.75) is 64.8 Å². The van der Waals surface area contributed by atoms with Crippen LogP contribution in [0.5, 0.6) is 0 Å². The number of aromatic amines is 1. The van der Waals surface area contributed by atoms with E-state index < -0.39 is 18.5 Å². The number of fused-ring (bicyclic) bond motifs is 1. The molecule has 9 nitrogen and oxygen atoms in total. The molecule has 0 aliphatic heterocycles. The molecule has 3 aromatic rings. The molecular formula is C26H29N5O4. The molecule has 1 aliphatic rings. The number of aromatic nitrogens is 3. The number of nitrogens with zero attached hydrogens (tertiary/aromatic N) is 3. The lowest BCUT2D eigenvalue weighted by molar-refractivity contribution is -0.147. The standard InChI is InChI=1S/C26H29N5O4/c1-16-17(2)31(18-8-3-4-9-18)25(20(16)14-27)30-23(32)15-35-24(33)13-7-12-22-28-21-11-6-5-10-19(21)26(34)29-22/h5-6,10-11,18H,3-4,7-9,12-13,15H2,1-2H3,(H,30,32)(H,28,29,34). The molecule has 1 amide bonds. The van der Waals surface area contributed by atoms with Crippen molar-refractivity contribution in [3.8, 4) is 6.07 Å². The van der Waals surface area contributed by atoms with Crippen molar-refractivity contribution in [1.29, 1.82) is 5.26 Å². The van der Waals surface area contributed by atoms with Crippen LogP contribution >= 0.6 is 0 Å². The summed E-state index contributed by atoms with van der Waals surface area (Å²) in [6.45, 7) is 3.41. The van der Waals surface area contributed by atoms with E-state index in [4.69, 9.17) is 4.74 Å². The van der Waals surface area contributed by atoms with Crippen molar-refractivity contribution in [3.63, 3.8) is 0 Å². The fourth-order valence-corrected chi connectivity index (χ4v) is 4.75. The number of benzene rings is 1. The number of para-hydroxylation sites is 1. The van der Waals surface area contributed by atoms with Crippen LogP contribution in [0.3, 0.4) is 0 Å². The zero-order valence-corrected chi connectivity index (χ0v) is 20.0. The Hall–Kier alpha value is -3.93. The Morgan fingerprint density at radius 3 is 2.74 bits per heavy atom. The molecule has 0 spiro atoms. The van der Waals surface area contributed by atoms with Crippen LogP contribution < -0.4 is 10.9 Å². The molecule has 1 aromatic carbocycles. The number of carbonyl (C=O) groups excluding carboxylic acids is 2. The van der Waals surface area contributed by atoms with Crippen molar-refractivity contribution in [3.05, 3.63) is 57.3 Å². The minimum absolute atomic E-state index is 0.0872. The Morgan fingerprint density at radius 1 is 1.26 bits per heavy atom. The molecule has 35 heavy (non-hydrogen) atoms. The number of H-pyrrole nitrogens is 1. The van der Waals surface area contributed by atoms with E-state index in [1.54, 1.807) is 18.2 Å². The maximum atomic E-state index is 12.6. The van der Waals surface area contributed by atoms with Crippen molar-refractivity contribution in [1.82, 2.24) is 14.5 Å². The molecule has 0 saturated heterocycles. The Labute approximate surface area is 203 Å². The van der Waals surface area contributed by atoms with Crippen LogP contribution in [0.1, 0.15) is 67.2 Å². The molecule has 0 unspecified atom stereocenters. The number of aryl methyl sites for hydroxylation is 1. The smallest absolute Gasteiger partial charge is 0.306 e. The minimum atomic E-state index is -0.512. The first-order valence-electron chi connectivity index (χ1n) is 11.9. The van der Waals surface area contributed by atoms with E-state index in [9.17, 15) is 19.6 Å². The molecule has 2 aromatic heterocycles. The van der Waals surface area contributed by atoms with E-state index in [0.29, 0.717) is 41.0 Å². The second-order valence-corrected chi connectivity index (χ2v) is 8.95. The van der Waals surface area contributed by atoms with Crippen LogP contribution in [0, 0.1) is 25.2 Å². The van der Waals surface area contributed by atoms with Gasteiger partial charge in [-0.1, -0.05) is 25.0 Å². The van der Waals surface area contributed by atoms with Gasteiger partial charge in [0.1, 0.15) is 17.7 Å². The predicted octanol–water partition coefficient (Wildman–Crippen LogP) is 3.83. The number of nitrogens with one attached hydrogen (secondary N) is 2. The van der Waals surface area contributed by atoms with Gasteiger partial charge in [0.25, 0.3) is 11.5 Å². The lowest BCUT2D eigenvalue weighted by Crippen LogP contribution is -2.24. The van der Waals surface area contributed by atoms with Crippen LogP contribution in [-0.2, 0) is 20.7 Å². The van der Waals surface area contributed by atoms with Crippen molar-refractivity contribution in [2.75, 3.05) is 11.9 Å². The molecule has 4 rings (SSSR count). The summed E-state index contributed by atoms with van der Waals surface area (Å²) < 4.78 is 7.20. The number of rotatable bonds is 8. The first kappa shape index (κ1) is 24.2. The summed E-state index contributed by atoms with van der Waals surface area (Å²) in [4.78, 5) is 44.0. The highest BCUT2D eigenvalue weighted by atomic mass is 16.5. The molecule has 0 atom stereocenters. The Kier molecular flexibility index (Phi) is 7.30. The third kappa shape index (κ3) is 5.27. The normalized spacial score (nSPS) is 13.6. The number of carbonyl (C=O) groups is 2. The van der Waals surface area contributed by atoms with Gasteiger partial charge in [-0.2, -0.15) is 5.26 Å². The largest absolute Gasteiger partial charge is 0.456 e. The highest BCUT2D eigenvalue weighted by Crippen LogP contribution is 2.37. The van der Waals surface area contributed by atoms with E-state index in [-0.39, 0.29) is 18.0 Å². The predicted molar refractivity (Wildman–Crippen MR) is 131 cm³/mol. The molecule has 0 radical (unpaired) electrons. The van der Waals surface area contributed by atoms with E-state index >= 15 is 0 Å². The molecule has 2 heterocycles. The van der Waals surface area contributed by atoms with Gasteiger partial charge in [-0.15, -0.1) is 0 Å². The molecular weight excluding hydrogens is 446 g/mol. The van der Waals surface area contributed by atoms with Crippen molar-refractivity contribution >= 4 is 28.6 Å². The topological polar surface area (TPSA) is 130 Å². The summed E-state index contributed by atoms with van der Waals surface area (Å²) in [5.41, 5.74) is 2.67. The maximum Gasteiger partial charge on any atom is 0.306 e. The number of esters is 1. The second kappa shape index (κ2) is 10.6. The number of amides is 1. The van der Waals surface area contributed by atoms with E-state index in [0.717, 1.165) is 36.9 Å². The maximum absolute atomic E-state index is 12.6. The molecule has 0 bridgehead atoms. The zero-order valence-electron chi connectivity index (χ0n) is 20.0. The summed E-state index contributed by atoms with van der Waals surface area (Å²) in [6.07, 6.45) is 5.17. The van der Waals surface area contributed by atoms with Gasteiger partial charge in [-0.3, -0.25) is 14.4 Å². The van der Waals surface area contributed by atoms with Gasteiger partial charge >= 0.3 is 5.97 Å². The molecule has 2 N–H and O–H groups in total. The number of anilines is 1. The average Bonchev–Trinajstić information content (AvgIpc) is 3.44. The van der Waals surface area contributed by atoms with Crippen LogP contribution in [0.15, 0.2) is 29.1 Å². The number of hydrogen-bond acceptors (Lipinski definition) is 6. The van der Waals surface area contributed by atoms with Crippen molar-refractivity contribution in [2.24, 2.45) is 0 Å². The van der Waals surface area contributed by atoms with Gasteiger partial charge < -0.3 is 19.6 Å². The summed E-state index contributed by atoms with van der Waals surface area (Å²) in [5.74, 6) is -0.00192. The summed E-state index contributed by atoms with van der Waals surface area (Å²) >= 11 is 0. The second-order valence-electron chi connectivity index (χ2n) is 8.95. The lowest BCUT2D eigenvalue weighted by Gasteiger charge is -2.19. The average molecular weight is 476 g/mol. The molecule has 1 fully saturated rings. The number of hydrogen-bond donors (Lipinski definition) is 2. The zero-order chi connectivity index (χ0) is 24.9. The van der Waals surface area contributed by atoms with Crippen LogP contribution in [-0.4, -0.2) is 33.0 Å². The third-order valence-corrected chi connectivity index (χ3v) is 6.64. The third-order valence-electron chi connectivity index (χ3n) is 6.64. The van der Waals surface area contributed by atoms with E-state index in [1.165, 1.54) is 0 Å². The molecule has 1 aliphatic carbocycles. The number of ether oxygens (including phenoxy) is 1. The fourth-order valence-electron chi connectivity index (χ4n) is 4.75. The van der Waals surface area contributed by atoms with Gasteiger partial charge in [0.15, 0.2) is 6.61 Å². The first-order chi connectivity index (χ1) is 16.9. The lowest BCUT2D eigenvalue weighted by atomic mass is 10.2. The summed E-state index contributed by atoms with van der Waals surface area (Å²) in [6, 6.07) is 9.53. The summed E-state index contributed by atoms with van der Waals surface area (Å²) in [7, 11) is 0. The Balaban J connectivity index is 1.31. The van der Waals surface area contributed by atoms with Gasteiger partial charge in [0, 0.05) is 24.6 Å². The van der Waals surface area contributed by atoms with Gasteiger partial charge in [-0.05, 0) is 50.8 Å². The minimum Gasteiger partial charge on any atom is -0.456 e. The van der Waals surface area contributed by atoms with Crippen molar-refractivity contribution < 1.29 is 14.3 Å². The molecule has 1 saturated carbocycles. The fraction of sp³-hybridized carbons (Fsp3) is 0.423. The van der Waals surface area contributed by atoms with Gasteiger partial charge in [0.2, 0.25) is 0 Å².